The van der Waals surface area contributed by atoms with Crippen molar-refractivity contribution >= 4 is 41.3 Å². The Balaban J connectivity index is 2.04. The molecule has 0 aromatic rings. The molecule has 25 heavy (non-hydrogen) atoms. The summed E-state index contributed by atoms with van der Waals surface area (Å²) in [4.78, 5) is 38.0. The van der Waals surface area contributed by atoms with E-state index in [1.165, 1.54) is 17.5 Å². The van der Waals surface area contributed by atoms with Crippen LogP contribution in [0.3, 0.4) is 0 Å². The number of nitrogens with one attached hydrogen (secondary N) is 1. The van der Waals surface area contributed by atoms with E-state index in [1.807, 2.05) is 6.26 Å². The second-order valence-electron chi connectivity index (χ2n) is 6.27. The van der Waals surface area contributed by atoms with E-state index < -0.39 is 23.2 Å². The maximum Gasteiger partial charge on any atom is 0.334 e. The molecule has 0 aliphatic carbocycles. The lowest BCUT2D eigenvalue weighted by Crippen LogP contribution is -2.42. The lowest BCUT2D eigenvalue weighted by Gasteiger charge is -2.42. The highest BCUT2D eigenvalue weighted by atomic mass is 32.2. The fourth-order valence-corrected chi connectivity index (χ4v) is 5.64. The second-order valence-corrected chi connectivity index (χ2v) is 8.37. The minimum absolute atomic E-state index is 0.163. The van der Waals surface area contributed by atoms with Crippen LogP contribution in [0.15, 0.2) is 21.7 Å². The van der Waals surface area contributed by atoms with Gasteiger partial charge in [0.05, 0.1) is 5.57 Å². The van der Waals surface area contributed by atoms with Crippen LogP contribution in [0, 0.1) is 5.92 Å². The smallest absolute Gasteiger partial charge is 0.334 e. The number of piperidine rings is 1. The summed E-state index contributed by atoms with van der Waals surface area (Å²) < 4.78 is 0. The van der Waals surface area contributed by atoms with Gasteiger partial charge in [0, 0.05) is 29.6 Å². The van der Waals surface area contributed by atoms with Crippen molar-refractivity contribution in [2.45, 2.75) is 24.6 Å². The number of carbonyl (C=O) groups is 3. The first-order valence-electron chi connectivity index (χ1n) is 8.15. The molecular weight excluding hydrogens is 362 g/mol. The number of hydrogen-bond donors (Lipinski definition) is 3. The molecule has 9 heteroatoms. The molecule has 136 valence electrons. The normalized spacial score (nSPS) is 25.1. The zero-order valence-corrected chi connectivity index (χ0v) is 15.5. The highest BCUT2D eigenvalue weighted by molar-refractivity contribution is 8.04. The van der Waals surface area contributed by atoms with Gasteiger partial charge in [-0.2, -0.15) is 11.8 Å². The molecule has 2 bridgehead atoms. The third kappa shape index (κ3) is 3.39. The fraction of sp³-hybridized carbons (Fsp3) is 0.562. The van der Waals surface area contributed by atoms with E-state index in [0.29, 0.717) is 0 Å². The van der Waals surface area contributed by atoms with Crippen LogP contribution in [0.5, 0.6) is 0 Å². The minimum Gasteiger partial charge on any atom is -0.478 e. The zero-order chi connectivity index (χ0) is 18.1. The first kappa shape index (κ1) is 18.2. The summed E-state index contributed by atoms with van der Waals surface area (Å²) in [5.74, 6) is -1.99. The van der Waals surface area contributed by atoms with Crippen LogP contribution >= 0.6 is 23.5 Å². The molecule has 2 atom stereocenters. The molecule has 0 radical (unpaired) electrons. The molecule has 1 fully saturated rings. The Labute approximate surface area is 154 Å². The molecule has 0 spiro atoms. The largest absolute Gasteiger partial charge is 0.478 e. The number of hydrogen-bond acceptors (Lipinski definition) is 6. The summed E-state index contributed by atoms with van der Waals surface area (Å²) in [6, 6.07) is 0. The Kier molecular flexibility index (Phi) is 5.33. The number of thioether (sulfide) groups is 2. The van der Waals surface area contributed by atoms with Gasteiger partial charge in [-0.05, 0) is 36.8 Å². The SMILES string of the molecule is CSCCC1=C2SC(NC(=O)C(N)=O)C(C(=O)O)=C2C2CCCN1C2. The number of carboxylic acids is 1. The minimum atomic E-state index is -1.11. The van der Waals surface area contributed by atoms with Crippen LogP contribution in [-0.4, -0.2) is 58.3 Å². The van der Waals surface area contributed by atoms with Crippen LogP contribution in [0.1, 0.15) is 19.3 Å². The number of rotatable bonds is 5. The summed E-state index contributed by atoms with van der Waals surface area (Å²) in [5.41, 5.74) is 7.22. The van der Waals surface area contributed by atoms with Gasteiger partial charge < -0.3 is 21.1 Å². The molecule has 3 heterocycles. The van der Waals surface area contributed by atoms with Gasteiger partial charge >= 0.3 is 17.8 Å². The van der Waals surface area contributed by atoms with Gasteiger partial charge in [0.1, 0.15) is 5.37 Å². The quantitative estimate of drug-likeness (QED) is 0.600. The number of nitrogens with zero attached hydrogens (tertiary/aromatic N) is 1. The molecule has 7 nitrogen and oxygen atoms in total. The van der Waals surface area contributed by atoms with E-state index in [1.54, 1.807) is 11.8 Å². The summed E-state index contributed by atoms with van der Waals surface area (Å²) >= 11 is 3.08. The summed E-state index contributed by atoms with van der Waals surface area (Å²) in [5, 5.41) is 11.5. The van der Waals surface area contributed by atoms with E-state index in [0.717, 1.165) is 48.6 Å². The monoisotopic (exact) mass is 383 g/mol. The molecule has 4 N–H and O–H groups in total. The first-order valence-corrected chi connectivity index (χ1v) is 10.4. The van der Waals surface area contributed by atoms with Crippen molar-refractivity contribution in [3.63, 3.8) is 0 Å². The molecular formula is C16H21N3O4S2. The number of aliphatic carboxylic acids is 1. The molecule has 2 amide bonds. The number of allylic oxidation sites excluding steroid dienone is 2. The lowest BCUT2D eigenvalue weighted by molar-refractivity contribution is -0.137. The molecule has 0 aromatic heterocycles. The predicted molar refractivity (Wildman–Crippen MR) is 97.7 cm³/mol. The Morgan fingerprint density at radius 1 is 1.44 bits per heavy atom. The molecule has 3 rings (SSSR count). The van der Waals surface area contributed by atoms with Crippen LogP contribution in [0.2, 0.25) is 0 Å². The third-order valence-corrected chi connectivity index (χ3v) is 6.66. The predicted octanol–water partition coefficient (Wildman–Crippen LogP) is 0.732. The fourth-order valence-electron chi connectivity index (χ4n) is 3.72. The van der Waals surface area contributed by atoms with Crippen molar-refractivity contribution in [2.75, 3.05) is 25.1 Å². The Morgan fingerprint density at radius 3 is 2.84 bits per heavy atom. The molecule has 3 aliphatic rings. The van der Waals surface area contributed by atoms with Crippen molar-refractivity contribution in [1.29, 1.82) is 0 Å². The Morgan fingerprint density at radius 2 is 2.20 bits per heavy atom. The molecule has 3 aliphatic heterocycles. The number of carboxylic acid groups (broad SMARTS) is 1. The number of amides is 2. The summed E-state index contributed by atoms with van der Waals surface area (Å²) in [6.45, 7) is 1.81. The third-order valence-electron chi connectivity index (χ3n) is 4.77. The summed E-state index contributed by atoms with van der Waals surface area (Å²) in [6.07, 6.45) is 4.88. The van der Waals surface area contributed by atoms with Crippen LogP contribution < -0.4 is 11.1 Å². The van der Waals surface area contributed by atoms with Crippen molar-refractivity contribution in [3.05, 3.63) is 21.7 Å². The molecule has 0 aromatic carbocycles. The maximum atomic E-state index is 11.9. The second kappa shape index (κ2) is 7.33. The van der Waals surface area contributed by atoms with E-state index in [-0.39, 0.29) is 11.5 Å². The van der Waals surface area contributed by atoms with Gasteiger partial charge in [-0.3, -0.25) is 9.59 Å². The molecule has 0 saturated carbocycles. The highest BCUT2D eigenvalue weighted by Gasteiger charge is 2.45. The van der Waals surface area contributed by atoms with Gasteiger partial charge in [0.15, 0.2) is 0 Å². The van der Waals surface area contributed by atoms with Crippen molar-refractivity contribution < 1.29 is 19.5 Å². The Bertz CT molecular complexity index is 689. The molecule has 2 unspecified atom stereocenters. The van der Waals surface area contributed by atoms with Gasteiger partial charge in [-0.15, -0.1) is 0 Å². The number of nitrogens with two attached hydrogens (primary N) is 1. The average molecular weight is 383 g/mol. The number of carbonyl (C=O) groups excluding carboxylic acids is 2. The van der Waals surface area contributed by atoms with Crippen LogP contribution in [0.25, 0.3) is 0 Å². The van der Waals surface area contributed by atoms with Crippen LogP contribution in [-0.2, 0) is 14.4 Å². The lowest BCUT2D eigenvalue weighted by atomic mass is 9.83. The van der Waals surface area contributed by atoms with E-state index in [2.05, 4.69) is 10.2 Å². The van der Waals surface area contributed by atoms with E-state index >= 15 is 0 Å². The molecule has 1 saturated heterocycles. The average Bonchev–Trinajstić information content (AvgIpc) is 2.94. The number of fused-ring (bicyclic) bond motifs is 4. The van der Waals surface area contributed by atoms with Gasteiger partial charge in [-0.1, -0.05) is 11.8 Å². The number of primary amides is 1. The van der Waals surface area contributed by atoms with E-state index in [4.69, 9.17) is 5.73 Å². The Hall–Kier alpha value is -1.61. The zero-order valence-electron chi connectivity index (χ0n) is 13.9. The first-order chi connectivity index (χ1) is 11.9. The van der Waals surface area contributed by atoms with E-state index in [9.17, 15) is 19.5 Å². The van der Waals surface area contributed by atoms with Crippen molar-refractivity contribution in [3.8, 4) is 0 Å². The topological polar surface area (TPSA) is 113 Å². The van der Waals surface area contributed by atoms with Crippen molar-refractivity contribution in [2.24, 2.45) is 11.7 Å². The highest BCUT2D eigenvalue weighted by Crippen LogP contribution is 2.52. The standard InChI is InChI=1S/C16H21N3O4S2/c1-24-6-4-9-12-10(8-3-2-5-19(9)7-8)11(16(22)23)15(25-12)18-14(21)13(17)20/h8,15H,2-7H2,1H3,(H2,17,20)(H,18,21)(H,22,23). The maximum absolute atomic E-state index is 11.9. The van der Waals surface area contributed by atoms with Crippen LogP contribution in [0.4, 0.5) is 0 Å². The summed E-state index contributed by atoms with van der Waals surface area (Å²) in [7, 11) is 0. The van der Waals surface area contributed by atoms with Gasteiger partial charge in [0.2, 0.25) is 0 Å². The van der Waals surface area contributed by atoms with Crippen molar-refractivity contribution in [1.82, 2.24) is 10.2 Å². The van der Waals surface area contributed by atoms with Gasteiger partial charge in [0.25, 0.3) is 0 Å². The van der Waals surface area contributed by atoms with Gasteiger partial charge in [-0.25, -0.2) is 4.79 Å².